The highest BCUT2D eigenvalue weighted by Crippen LogP contribution is 2.57. The van der Waals surface area contributed by atoms with Gasteiger partial charge in [0.1, 0.15) is 0 Å². The van der Waals surface area contributed by atoms with Crippen molar-refractivity contribution in [3.63, 3.8) is 0 Å². The summed E-state index contributed by atoms with van der Waals surface area (Å²) in [7, 11) is 3.26. The summed E-state index contributed by atoms with van der Waals surface area (Å²) in [6, 6.07) is 2.44. The molecule has 3 nitrogen and oxygen atoms in total. The molecule has 17 heavy (non-hydrogen) atoms. The molecule has 0 aromatic carbocycles. The van der Waals surface area contributed by atoms with Crippen LogP contribution in [0.4, 0.5) is 0 Å². The Morgan fingerprint density at radius 1 is 1.35 bits per heavy atom. The van der Waals surface area contributed by atoms with Gasteiger partial charge in [0.05, 0.1) is 11.5 Å². The van der Waals surface area contributed by atoms with E-state index >= 15 is 0 Å². The molecule has 0 aromatic heterocycles. The van der Waals surface area contributed by atoms with Crippen LogP contribution in [0.15, 0.2) is 22.2 Å². The summed E-state index contributed by atoms with van der Waals surface area (Å²) in [5.41, 5.74) is 0.637. The predicted molar refractivity (Wildman–Crippen MR) is 68.4 cm³/mol. The van der Waals surface area contributed by atoms with Gasteiger partial charge in [-0.05, 0) is 18.4 Å². The van der Waals surface area contributed by atoms with E-state index in [1.807, 2.05) is 0 Å². The van der Waals surface area contributed by atoms with Gasteiger partial charge in [0, 0.05) is 31.5 Å². The van der Waals surface area contributed by atoms with Gasteiger partial charge in [-0.25, -0.2) is 0 Å². The molecule has 4 heteroatoms. The van der Waals surface area contributed by atoms with Crippen molar-refractivity contribution in [1.29, 1.82) is 5.26 Å². The smallest absolute Gasteiger partial charge is 0.171 e. The highest BCUT2D eigenvalue weighted by Gasteiger charge is 2.58. The minimum Gasteiger partial charge on any atom is -0.353 e. The third-order valence-corrected chi connectivity index (χ3v) is 4.55. The van der Waals surface area contributed by atoms with Crippen LogP contribution in [-0.2, 0) is 9.47 Å². The van der Waals surface area contributed by atoms with E-state index in [0.717, 1.165) is 22.9 Å². The second-order valence-electron chi connectivity index (χ2n) is 4.63. The first-order valence-corrected chi connectivity index (χ1v) is 6.48. The zero-order chi connectivity index (χ0) is 12.5. The number of rotatable bonds is 3. The number of nitrogens with zero attached hydrogens (tertiary/aromatic N) is 1. The lowest BCUT2D eigenvalue weighted by Crippen LogP contribution is -2.54. The first kappa shape index (κ1) is 12.8. The van der Waals surface area contributed by atoms with E-state index in [1.165, 1.54) is 0 Å². The minimum atomic E-state index is -0.582. The molecule has 0 spiro atoms. The zero-order valence-electron chi connectivity index (χ0n) is 10.1. The lowest BCUT2D eigenvalue weighted by molar-refractivity contribution is -0.278. The van der Waals surface area contributed by atoms with Crippen molar-refractivity contribution in [3.8, 4) is 6.07 Å². The molecule has 1 saturated carbocycles. The summed E-state index contributed by atoms with van der Waals surface area (Å²) in [5.74, 6) is -0.582. The van der Waals surface area contributed by atoms with E-state index in [2.05, 4.69) is 34.2 Å². The molecule has 0 N–H and O–H groups in total. The fourth-order valence-corrected chi connectivity index (χ4v) is 3.37. The van der Waals surface area contributed by atoms with Crippen LogP contribution in [0.5, 0.6) is 0 Å². The maximum Gasteiger partial charge on any atom is 0.171 e. The monoisotopic (exact) mass is 297 g/mol. The third kappa shape index (κ3) is 1.97. The number of hydrogen-bond donors (Lipinski definition) is 0. The molecule has 0 bridgehead atoms. The molecule has 0 unspecified atom stereocenters. The average Bonchev–Trinajstić information content (AvgIpc) is 2.32. The molecule has 0 radical (unpaired) electrons. The molecule has 1 fully saturated rings. The van der Waals surface area contributed by atoms with Crippen molar-refractivity contribution in [2.75, 3.05) is 14.2 Å². The molecule has 0 saturated heterocycles. The van der Waals surface area contributed by atoms with Gasteiger partial charge in [-0.1, -0.05) is 28.1 Å². The van der Waals surface area contributed by atoms with Crippen LogP contribution in [0.3, 0.4) is 0 Å². The van der Waals surface area contributed by atoms with E-state index in [4.69, 9.17) is 9.47 Å². The molecule has 0 atom stereocenters. The summed E-state index contributed by atoms with van der Waals surface area (Å²) < 4.78 is 11.9. The van der Waals surface area contributed by atoms with Crippen molar-refractivity contribution < 1.29 is 9.47 Å². The van der Waals surface area contributed by atoms with Gasteiger partial charge < -0.3 is 9.47 Å². The molecular formula is C13H16BrNO2. The SMILES string of the molecule is COC1(OC)CC(C#N)(C2=C(Br)CCC=C2)C1. The van der Waals surface area contributed by atoms with Gasteiger partial charge in [-0.3, -0.25) is 0 Å². The summed E-state index contributed by atoms with van der Waals surface area (Å²) in [6.07, 6.45) is 7.38. The number of halogens is 1. The predicted octanol–water partition coefficient (Wildman–Crippen LogP) is 3.28. The summed E-state index contributed by atoms with van der Waals surface area (Å²) in [6.45, 7) is 0. The van der Waals surface area contributed by atoms with E-state index in [1.54, 1.807) is 14.2 Å². The minimum absolute atomic E-state index is 0.457. The fourth-order valence-electron chi connectivity index (χ4n) is 2.63. The van der Waals surface area contributed by atoms with E-state index in [-0.39, 0.29) is 0 Å². The maximum absolute atomic E-state index is 9.48. The Bertz CT molecular complexity index is 408. The molecule has 2 aliphatic carbocycles. The first-order chi connectivity index (χ1) is 8.11. The zero-order valence-corrected chi connectivity index (χ0v) is 11.7. The Balaban J connectivity index is 2.26. The van der Waals surface area contributed by atoms with Gasteiger partial charge in [0.25, 0.3) is 0 Å². The van der Waals surface area contributed by atoms with Crippen LogP contribution < -0.4 is 0 Å². The molecule has 0 heterocycles. The number of ether oxygens (including phenoxy) is 2. The van der Waals surface area contributed by atoms with E-state index < -0.39 is 11.2 Å². The molecule has 92 valence electrons. The Labute approximate surface area is 110 Å². The van der Waals surface area contributed by atoms with Gasteiger partial charge in [0.2, 0.25) is 0 Å². The summed E-state index contributed by atoms with van der Waals surface area (Å²) >= 11 is 3.58. The van der Waals surface area contributed by atoms with Crippen molar-refractivity contribution in [2.24, 2.45) is 5.41 Å². The fraction of sp³-hybridized carbons (Fsp3) is 0.615. The lowest BCUT2D eigenvalue weighted by Gasteiger charge is -2.51. The van der Waals surface area contributed by atoms with E-state index in [0.29, 0.717) is 12.8 Å². The van der Waals surface area contributed by atoms with Crippen molar-refractivity contribution in [2.45, 2.75) is 31.5 Å². The second-order valence-corrected chi connectivity index (χ2v) is 5.58. The van der Waals surface area contributed by atoms with Crippen molar-refractivity contribution in [3.05, 3.63) is 22.2 Å². The van der Waals surface area contributed by atoms with Crippen molar-refractivity contribution >= 4 is 15.9 Å². The van der Waals surface area contributed by atoms with Crippen LogP contribution in [0.1, 0.15) is 25.7 Å². The van der Waals surface area contributed by atoms with E-state index in [9.17, 15) is 5.26 Å². The van der Waals surface area contributed by atoms with Gasteiger partial charge in [-0.15, -0.1) is 0 Å². The van der Waals surface area contributed by atoms with Crippen LogP contribution in [0.25, 0.3) is 0 Å². The van der Waals surface area contributed by atoms with Crippen molar-refractivity contribution in [1.82, 2.24) is 0 Å². The Kier molecular flexibility index (Phi) is 3.44. The highest BCUT2D eigenvalue weighted by molar-refractivity contribution is 9.11. The Morgan fingerprint density at radius 2 is 2.00 bits per heavy atom. The largest absolute Gasteiger partial charge is 0.353 e. The lowest BCUT2D eigenvalue weighted by atomic mass is 9.60. The molecule has 0 amide bonds. The molecule has 2 rings (SSSR count). The van der Waals surface area contributed by atoms with Crippen LogP contribution in [0.2, 0.25) is 0 Å². The summed E-state index contributed by atoms with van der Waals surface area (Å²) in [5, 5.41) is 9.48. The standard InChI is InChI=1S/C13H16BrNO2/c1-16-13(17-2)7-12(8-13,9-15)10-5-3-4-6-11(10)14/h3,5H,4,6-8H2,1-2H3. The number of allylic oxidation sites excluding steroid dienone is 4. The van der Waals surface area contributed by atoms with Crippen LogP contribution in [0, 0.1) is 16.7 Å². The quantitative estimate of drug-likeness (QED) is 0.751. The second kappa shape index (κ2) is 4.56. The highest BCUT2D eigenvalue weighted by atomic mass is 79.9. The van der Waals surface area contributed by atoms with Gasteiger partial charge in [-0.2, -0.15) is 5.26 Å². The topological polar surface area (TPSA) is 42.2 Å². The number of hydrogen-bond acceptors (Lipinski definition) is 3. The normalized spacial score (nSPS) is 25.3. The molecule has 0 aliphatic heterocycles. The molecule has 0 aromatic rings. The number of nitriles is 1. The Hall–Kier alpha value is -0.630. The summed E-state index contributed by atoms with van der Waals surface area (Å²) in [4.78, 5) is 0. The van der Waals surface area contributed by atoms with Gasteiger partial charge >= 0.3 is 0 Å². The van der Waals surface area contributed by atoms with Crippen LogP contribution in [-0.4, -0.2) is 20.0 Å². The maximum atomic E-state index is 9.48. The Morgan fingerprint density at radius 3 is 2.47 bits per heavy atom. The average molecular weight is 298 g/mol. The van der Waals surface area contributed by atoms with Gasteiger partial charge in [0.15, 0.2) is 5.79 Å². The first-order valence-electron chi connectivity index (χ1n) is 5.69. The van der Waals surface area contributed by atoms with Crippen LogP contribution >= 0.6 is 15.9 Å². The number of methoxy groups -OCH3 is 2. The molecule has 2 aliphatic rings. The third-order valence-electron chi connectivity index (χ3n) is 3.72. The molecular weight excluding hydrogens is 282 g/mol.